The van der Waals surface area contributed by atoms with Crippen LogP contribution in [-0.4, -0.2) is 32.4 Å². The van der Waals surface area contributed by atoms with Gasteiger partial charge in [-0.1, -0.05) is 18.2 Å². The fourth-order valence-electron chi connectivity index (χ4n) is 1.29. The van der Waals surface area contributed by atoms with Crippen LogP contribution in [0.15, 0.2) is 36.0 Å². The van der Waals surface area contributed by atoms with Gasteiger partial charge >= 0.3 is 11.9 Å². The Labute approximate surface area is 115 Å². The Hall–Kier alpha value is -1.26. The Morgan fingerprint density at radius 1 is 1.50 bits per heavy atom. The first-order chi connectivity index (χ1) is 8.22. The van der Waals surface area contributed by atoms with Crippen LogP contribution in [0.5, 0.6) is 0 Å². The molecule has 0 amide bonds. The van der Waals surface area contributed by atoms with E-state index >= 15 is 0 Å². The van der Waals surface area contributed by atoms with Gasteiger partial charge in [-0.05, 0) is 19.4 Å². The van der Waals surface area contributed by atoms with E-state index in [1.807, 2.05) is 6.92 Å². The third-order valence-corrected chi connectivity index (χ3v) is 3.36. The highest BCUT2D eigenvalue weighted by molar-refractivity contribution is 6.43. The number of carboxylic acids is 2. The summed E-state index contributed by atoms with van der Waals surface area (Å²) in [6.07, 6.45) is 4.29. The molecule has 6 heteroatoms. The van der Waals surface area contributed by atoms with Gasteiger partial charge in [0.2, 0.25) is 0 Å². The molecule has 0 aliphatic heterocycles. The van der Waals surface area contributed by atoms with Crippen LogP contribution in [0.4, 0.5) is 0 Å². The maximum atomic E-state index is 10.9. The number of carbonyl (C=O) groups is 2. The van der Waals surface area contributed by atoms with Gasteiger partial charge in [0.25, 0.3) is 0 Å². The van der Waals surface area contributed by atoms with Crippen molar-refractivity contribution in [3.05, 3.63) is 36.0 Å². The molecule has 0 spiro atoms. The number of rotatable bonds is 2. The Bertz CT molecular complexity index is 426. The molecule has 2 atom stereocenters. The zero-order valence-corrected chi connectivity index (χ0v) is 11.5. The molecule has 0 aromatic rings. The van der Waals surface area contributed by atoms with Crippen molar-refractivity contribution < 1.29 is 19.8 Å². The van der Waals surface area contributed by atoms with Crippen molar-refractivity contribution >= 4 is 35.1 Å². The molecule has 2 N–H and O–H groups in total. The molecule has 100 valence electrons. The highest BCUT2D eigenvalue weighted by atomic mass is 35.5. The molecule has 0 bridgehead atoms. The molecule has 1 aliphatic carbocycles. The van der Waals surface area contributed by atoms with Crippen LogP contribution in [0, 0.1) is 0 Å². The number of allylic oxidation sites excluding steroid dienone is 3. The molecule has 4 nitrogen and oxygen atoms in total. The summed E-state index contributed by atoms with van der Waals surface area (Å²) in [5.74, 6) is -2.63. The van der Waals surface area contributed by atoms with Gasteiger partial charge < -0.3 is 10.2 Å². The summed E-state index contributed by atoms with van der Waals surface area (Å²) in [5, 5.41) is 16.4. The predicted molar refractivity (Wildman–Crippen MR) is 71.2 cm³/mol. The van der Waals surface area contributed by atoms with E-state index in [0.717, 1.165) is 0 Å². The fraction of sp³-hybridized carbons (Fsp3) is 0.333. The summed E-state index contributed by atoms with van der Waals surface area (Å²) in [5.41, 5.74) is 0.219. The van der Waals surface area contributed by atoms with Gasteiger partial charge in [-0.2, -0.15) is 0 Å². The number of halogens is 2. The molecule has 0 aromatic carbocycles. The van der Waals surface area contributed by atoms with E-state index in [4.69, 9.17) is 33.4 Å². The first kappa shape index (κ1) is 16.7. The van der Waals surface area contributed by atoms with Gasteiger partial charge in [0.15, 0.2) is 4.87 Å². The maximum absolute atomic E-state index is 10.9. The summed E-state index contributed by atoms with van der Waals surface area (Å²) in [7, 11) is 0. The topological polar surface area (TPSA) is 74.6 Å². The van der Waals surface area contributed by atoms with Crippen molar-refractivity contribution in [1.29, 1.82) is 0 Å². The number of hydrogen-bond donors (Lipinski definition) is 2. The van der Waals surface area contributed by atoms with Gasteiger partial charge in [0, 0.05) is 0 Å². The zero-order chi connectivity index (χ0) is 14.5. The second-order valence-corrected chi connectivity index (χ2v) is 4.64. The first-order valence-electron chi connectivity index (χ1n) is 4.99. The number of aliphatic carboxylic acids is 2. The SMILES string of the molecule is C=CC.CC1=C(C(=O)O)C(Cl)C(Cl)(C(=O)O)C=C1. The zero-order valence-electron chi connectivity index (χ0n) is 9.98. The average Bonchev–Trinajstić information content (AvgIpc) is 2.24. The van der Waals surface area contributed by atoms with E-state index in [-0.39, 0.29) is 5.57 Å². The average molecular weight is 293 g/mol. The van der Waals surface area contributed by atoms with Crippen LogP contribution < -0.4 is 0 Å². The van der Waals surface area contributed by atoms with Crippen molar-refractivity contribution in [3.63, 3.8) is 0 Å². The van der Waals surface area contributed by atoms with Crippen molar-refractivity contribution in [3.8, 4) is 0 Å². The summed E-state index contributed by atoms with van der Waals surface area (Å²) >= 11 is 11.5. The van der Waals surface area contributed by atoms with Crippen LogP contribution in [-0.2, 0) is 9.59 Å². The van der Waals surface area contributed by atoms with Crippen LogP contribution in [0.1, 0.15) is 13.8 Å². The summed E-state index contributed by atoms with van der Waals surface area (Å²) in [4.78, 5) is 19.8. The quantitative estimate of drug-likeness (QED) is 0.606. The van der Waals surface area contributed by atoms with Crippen LogP contribution >= 0.6 is 23.2 Å². The van der Waals surface area contributed by atoms with Crippen molar-refractivity contribution in [1.82, 2.24) is 0 Å². The monoisotopic (exact) mass is 292 g/mol. The lowest BCUT2D eigenvalue weighted by atomic mass is 9.89. The van der Waals surface area contributed by atoms with E-state index in [2.05, 4.69) is 6.58 Å². The molecular weight excluding hydrogens is 279 g/mol. The van der Waals surface area contributed by atoms with Crippen molar-refractivity contribution in [2.45, 2.75) is 24.1 Å². The van der Waals surface area contributed by atoms with E-state index in [1.54, 1.807) is 6.08 Å². The Balaban J connectivity index is 0.000000873. The minimum Gasteiger partial charge on any atom is -0.480 e. The van der Waals surface area contributed by atoms with Crippen molar-refractivity contribution in [2.75, 3.05) is 0 Å². The molecule has 0 aromatic heterocycles. The molecule has 0 saturated carbocycles. The van der Waals surface area contributed by atoms with E-state index in [0.29, 0.717) is 5.57 Å². The van der Waals surface area contributed by atoms with Gasteiger partial charge in [0.05, 0.1) is 11.0 Å². The van der Waals surface area contributed by atoms with Crippen molar-refractivity contribution in [2.24, 2.45) is 0 Å². The molecule has 18 heavy (non-hydrogen) atoms. The van der Waals surface area contributed by atoms with Gasteiger partial charge in [-0.15, -0.1) is 29.8 Å². The smallest absolute Gasteiger partial charge is 0.333 e. The lowest BCUT2D eigenvalue weighted by Crippen LogP contribution is -2.44. The lowest BCUT2D eigenvalue weighted by Gasteiger charge is -2.28. The maximum Gasteiger partial charge on any atom is 0.333 e. The minimum atomic E-state index is -1.89. The predicted octanol–water partition coefficient (Wildman–Crippen LogP) is 2.82. The second-order valence-electron chi connectivity index (χ2n) is 3.58. The van der Waals surface area contributed by atoms with E-state index in [9.17, 15) is 9.59 Å². The Morgan fingerprint density at radius 2 is 1.94 bits per heavy atom. The molecular formula is C12H14Cl2O4. The van der Waals surface area contributed by atoms with E-state index < -0.39 is 22.2 Å². The summed E-state index contributed by atoms with van der Waals surface area (Å²) in [6, 6.07) is 0. The van der Waals surface area contributed by atoms with Gasteiger partial charge in [-0.25, -0.2) is 9.59 Å². The summed E-state index contributed by atoms with van der Waals surface area (Å²) in [6.45, 7) is 6.79. The molecule has 1 aliphatic rings. The Morgan fingerprint density at radius 3 is 2.28 bits per heavy atom. The normalized spacial score (nSPS) is 26.1. The standard InChI is InChI=1S/C9H8Cl2O4.C3H6/c1-4-2-3-9(11,8(14)15)6(10)5(4)7(12)13;1-3-2/h2-3,6H,1H3,(H,12,13)(H,14,15);3H,1H2,2H3. The summed E-state index contributed by atoms with van der Waals surface area (Å²) < 4.78 is 0. The largest absolute Gasteiger partial charge is 0.480 e. The lowest BCUT2D eigenvalue weighted by molar-refractivity contribution is -0.138. The van der Waals surface area contributed by atoms with Crippen LogP contribution in [0.3, 0.4) is 0 Å². The number of hydrogen-bond acceptors (Lipinski definition) is 2. The molecule has 0 heterocycles. The highest BCUT2D eigenvalue weighted by Crippen LogP contribution is 2.37. The number of alkyl halides is 2. The van der Waals surface area contributed by atoms with E-state index in [1.165, 1.54) is 19.1 Å². The third-order valence-electron chi connectivity index (χ3n) is 2.18. The molecule has 1 rings (SSSR count). The van der Waals surface area contributed by atoms with Gasteiger partial charge in [0.1, 0.15) is 0 Å². The minimum absolute atomic E-state index is 0.184. The highest BCUT2D eigenvalue weighted by Gasteiger charge is 2.47. The second kappa shape index (κ2) is 6.61. The molecule has 0 radical (unpaired) electrons. The molecule has 0 saturated heterocycles. The molecule has 2 unspecified atom stereocenters. The molecule has 0 fully saturated rings. The fourth-order valence-corrected chi connectivity index (χ4v) is 1.89. The number of carboxylic acid groups (broad SMARTS) is 2. The van der Waals surface area contributed by atoms with Gasteiger partial charge in [-0.3, -0.25) is 0 Å². The Kier molecular flexibility index (Phi) is 6.15. The third kappa shape index (κ3) is 3.37. The first-order valence-corrected chi connectivity index (χ1v) is 5.80. The van der Waals surface area contributed by atoms with Crippen LogP contribution in [0.2, 0.25) is 0 Å². The van der Waals surface area contributed by atoms with Crippen LogP contribution in [0.25, 0.3) is 0 Å².